The number of ether oxygens (including phenoxy) is 2. The fourth-order valence-electron chi connectivity index (χ4n) is 2.93. The van der Waals surface area contributed by atoms with E-state index < -0.39 is 0 Å². The Hall–Kier alpha value is -4.07. The molecule has 4 aromatic carbocycles. The minimum atomic E-state index is 0. The average Bonchev–Trinajstić information content (AvgIpc) is 2.89. The molecule has 2 N–H and O–H groups in total. The molecule has 0 unspecified atom stereocenters. The topological polar surface area (TPSA) is 83.6 Å². The number of aromatic hydroxyl groups is 2. The molecule has 0 saturated heterocycles. The molecule has 0 spiro atoms. The fraction of sp³-hybridized carbons (Fsp3) is 0.0714. The normalized spacial score (nSPS) is 10.3. The quantitative estimate of drug-likeness (QED) is 0.297. The van der Waals surface area contributed by atoms with Gasteiger partial charge in [0.2, 0.25) is 0 Å². The van der Waals surface area contributed by atoms with Gasteiger partial charge in [-0.15, -0.1) is 0 Å². The average molecular weight is 513 g/mol. The molecule has 0 atom stereocenters. The second kappa shape index (κ2) is 14.2. The van der Waals surface area contributed by atoms with Crippen LogP contribution in [-0.2, 0) is 16.8 Å². The molecule has 0 amide bonds. The number of phenols is 2. The van der Waals surface area contributed by atoms with Crippen LogP contribution in [0.3, 0.4) is 0 Å². The first-order chi connectivity index (χ1) is 16.6. The molecule has 0 aliphatic rings. The third-order valence-corrected chi connectivity index (χ3v) is 4.72. The van der Waals surface area contributed by atoms with Crippen molar-refractivity contribution in [3.05, 3.63) is 108 Å². The maximum absolute atomic E-state index is 9.85. The maximum atomic E-state index is 9.85. The molecule has 0 bridgehead atoms. The van der Waals surface area contributed by atoms with Gasteiger partial charge in [0.05, 0.1) is 25.6 Å². The zero-order chi connectivity index (χ0) is 24.2. The van der Waals surface area contributed by atoms with Crippen LogP contribution >= 0.6 is 0 Å². The second-order valence-corrected chi connectivity index (χ2v) is 6.98. The number of nitrogens with zero attached hydrogens (tertiary/aromatic N) is 2. The zero-order valence-electron chi connectivity index (χ0n) is 19.3. The second-order valence-electron chi connectivity index (χ2n) is 6.98. The summed E-state index contributed by atoms with van der Waals surface area (Å²) in [6.07, 6.45) is 3.24. The first-order valence-electron chi connectivity index (χ1n) is 10.5. The molecule has 0 aliphatic heterocycles. The number of para-hydroxylation sites is 4. The summed E-state index contributed by atoms with van der Waals surface area (Å²) in [5.74, 6) is 1.10. The van der Waals surface area contributed by atoms with Crippen molar-refractivity contribution in [2.45, 2.75) is 0 Å². The van der Waals surface area contributed by atoms with Gasteiger partial charge in [0.25, 0.3) is 0 Å². The van der Waals surface area contributed by atoms with E-state index in [1.807, 2.05) is 72.8 Å². The van der Waals surface area contributed by atoms with Crippen molar-refractivity contribution in [3.63, 3.8) is 0 Å². The molecular weight excluding hydrogens is 487 g/mol. The molecular formula is C28H26CoN2O4. The largest absolute Gasteiger partial charge is 0.504 e. The van der Waals surface area contributed by atoms with Gasteiger partial charge >= 0.3 is 0 Å². The summed E-state index contributed by atoms with van der Waals surface area (Å²) < 4.78 is 10.1. The van der Waals surface area contributed by atoms with Gasteiger partial charge < -0.3 is 19.7 Å². The Morgan fingerprint density at radius 1 is 0.543 bits per heavy atom. The molecule has 181 valence electrons. The van der Waals surface area contributed by atoms with Crippen molar-refractivity contribution in [2.75, 3.05) is 14.2 Å². The first kappa shape index (κ1) is 27.2. The molecule has 0 saturated carbocycles. The summed E-state index contributed by atoms with van der Waals surface area (Å²) in [4.78, 5) is 8.54. The van der Waals surface area contributed by atoms with Crippen LogP contribution in [0.2, 0.25) is 0 Å². The van der Waals surface area contributed by atoms with E-state index in [-0.39, 0.29) is 28.3 Å². The summed E-state index contributed by atoms with van der Waals surface area (Å²) in [7, 11) is 3.04. The summed E-state index contributed by atoms with van der Waals surface area (Å²) in [5.41, 5.74) is 2.95. The molecule has 4 rings (SSSR count). The fourth-order valence-corrected chi connectivity index (χ4v) is 2.93. The van der Waals surface area contributed by atoms with Crippen LogP contribution in [0.25, 0.3) is 0 Å². The van der Waals surface area contributed by atoms with Crippen molar-refractivity contribution >= 4 is 23.8 Å². The minimum Gasteiger partial charge on any atom is -0.504 e. The third kappa shape index (κ3) is 8.03. The number of methoxy groups -OCH3 is 2. The standard InChI is InChI=1S/2C14H13NO2.Co/c2*1-17-13-9-5-6-11(14(13)16)10-15-12-7-3-2-4-8-12;/h2*2-10,16H,1H3;. The van der Waals surface area contributed by atoms with Crippen molar-refractivity contribution in [3.8, 4) is 23.0 Å². The van der Waals surface area contributed by atoms with Gasteiger partial charge in [-0.25, -0.2) is 0 Å². The van der Waals surface area contributed by atoms with Crippen LogP contribution in [0.4, 0.5) is 11.4 Å². The van der Waals surface area contributed by atoms with Gasteiger partial charge in [0, 0.05) is 40.3 Å². The number of hydrogen-bond donors (Lipinski definition) is 2. The van der Waals surface area contributed by atoms with Crippen molar-refractivity contribution in [1.29, 1.82) is 0 Å². The molecule has 35 heavy (non-hydrogen) atoms. The number of benzene rings is 4. The molecule has 0 fully saturated rings. The molecule has 0 heterocycles. The monoisotopic (exact) mass is 513 g/mol. The van der Waals surface area contributed by atoms with E-state index in [1.165, 1.54) is 14.2 Å². The first-order valence-corrected chi connectivity index (χ1v) is 10.5. The van der Waals surface area contributed by atoms with Gasteiger partial charge in [0.1, 0.15) is 0 Å². The molecule has 7 heteroatoms. The maximum Gasteiger partial charge on any atom is 0.166 e. The molecule has 1 radical (unpaired) electrons. The van der Waals surface area contributed by atoms with Crippen LogP contribution in [-0.4, -0.2) is 36.9 Å². The van der Waals surface area contributed by atoms with Crippen LogP contribution in [0.5, 0.6) is 23.0 Å². The molecule has 0 aliphatic carbocycles. The molecule has 4 aromatic rings. The Bertz CT molecular complexity index is 1150. The summed E-state index contributed by atoms with van der Waals surface area (Å²) >= 11 is 0. The number of hydrogen-bond acceptors (Lipinski definition) is 6. The Balaban J connectivity index is 0.000000240. The van der Waals surface area contributed by atoms with E-state index in [4.69, 9.17) is 9.47 Å². The van der Waals surface area contributed by atoms with Crippen LogP contribution in [0.1, 0.15) is 11.1 Å². The van der Waals surface area contributed by atoms with E-state index in [0.29, 0.717) is 22.6 Å². The van der Waals surface area contributed by atoms with Gasteiger partial charge in [-0.3, -0.25) is 9.98 Å². The SMILES string of the molecule is COc1cccc(C=Nc2ccccc2)c1O.COc1cccc(C=Nc2ccccc2)c1O.[Co]. The zero-order valence-corrected chi connectivity index (χ0v) is 20.4. The van der Waals surface area contributed by atoms with E-state index in [9.17, 15) is 10.2 Å². The predicted octanol–water partition coefficient (Wildman–Crippen LogP) is 6.30. The van der Waals surface area contributed by atoms with Gasteiger partial charge in [0.15, 0.2) is 23.0 Å². The number of phenolic OH excluding ortho intramolecular Hbond substituents is 2. The third-order valence-electron chi connectivity index (χ3n) is 4.72. The Kier molecular flexibility index (Phi) is 11.1. The van der Waals surface area contributed by atoms with Crippen LogP contribution in [0, 0.1) is 0 Å². The van der Waals surface area contributed by atoms with Crippen molar-refractivity contribution in [2.24, 2.45) is 9.98 Å². The number of aliphatic imine (C=N–C) groups is 2. The van der Waals surface area contributed by atoms with Gasteiger partial charge in [-0.05, 0) is 48.5 Å². The predicted molar refractivity (Wildman–Crippen MR) is 137 cm³/mol. The van der Waals surface area contributed by atoms with E-state index >= 15 is 0 Å². The van der Waals surface area contributed by atoms with E-state index in [1.54, 1.807) is 36.7 Å². The molecule has 6 nitrogen and oxygen atoms in total. The summed E-state index contributed by atoms with van der Waals surface area (Å²) in [5, 5.41) is 19.7. The Labute approximate surface area is 215 Å². The van der Waals surface area contributed by atoms with Crippen molar-refractivity contribution < 1.29 is 36.5 Å². The Morgan fingerprint density at radius 3 is 1.26 bits per heavy atom. The summed E-state index contributed by atoms with van der Waals surface area (Å²) in [6.45, 7) is 0. The van der Waals surface area contributed by atoms with Gasteiger partial charge in [-0.2, -0.15) is 0 Å². The summed E-state index contributed by atoms with van der Waals surface area (Å²) in [6, 6.07) is 29.7. The van der Waals surface area contributed by atoms with Crippen molar-refractivity contribution in [1.82, 2.24) is 0 Å². The molecule has 0 aromatic heterocycles. The minimum absolute atomic E-state index is 0. The number of rotatable bonds is 6. The van der Waals surface area contributed by atoms with E-state index in [0.717, 1.165) is 11.4 Å². The van der Waals surface area contributed by atoms with Crippen LogP contribution < -0.4 is 9.47 Å². The van der Waals surface area contributed by atoms with Crippen LogP contribution in [0.15, 0.2) is 107 Å². The van der Waals surface area contributed by atoms with E-state index in [2.05, 4.69) is 9.98 Å². The van der Waals surface area contributed by atoms with Gasteiger partial charge in [-0.1, -0.05) is 48.5 Å². The smallest absolute Gasteiger partial charge is 0.166 e. The Morgan fingerprint density at radius 2 is 0.914 bits per heavy atom.